The van der Waals surface area contributed by atoms with E-state index in [4.69, 9.17) is 5.73 Å². The topological polar surface area (TPSA) is 38.0 Å². The summed E-state index contributed by atoms with van der Waals surface area (Å²) in [4.78, 5) is 0. The monoisotopic (exact) mass is 268 g/mol. The van der Waals surface area contributed by atoms with Crippen molar-refractivity contribution in [1.82, 2.24) is 5.32 Å². The van der Waals surface area contributed by atoms with Crippen LogP contribution in [0.3, 0.4) is 0 Å². The Hall–Kier alpha value is -1.80. The minimum Gasteiger partial charge on any atom is -0.399 e. The molecule has 0 atom stereocenters. The third kappa shape index (κ3) is 3.84. The Labute approximate surface area is 122 Å². The molecule has 2 heteroatoms. The molecule has 0 aliphatic rings. The number of hydrogen-bond acceptors (Lipinski definition) is 2. The van der Waals surface area contributed by atoms with Gasteiger partial charge in [-0.25, -0.2) is 0 Å². The van der Waals surface area contributed by atoms with Crippen LogP contribution in [0.25, 0.3) is 0 Å². The SMILES string of the molecule is Cc1ccc(C(C)C)cc1CNCc1ccc(N)cc1. The summed E-state index contributed by atoms with van der Waals surface area (Å²) in [7, 11) is 0. The molecule has 0 amide bonds. The Balaban J connectivity index is 1.96. The van der Waals surface area contributed by atoms with E-state index in [1.54, 1.807) is 0 Å². The fourth-order valence-corrected chi connectivity index (χ4v) is 2.22. The van der Waals surface area contributed by atoms with Gasteiger partial charge in [0.25, 0.3) is 0 Å². The molecule has 0 unspecified atom stereocenters. The largest absolute Gasteiger partial charge is 0.399 e. The highest BCUT2D eigenvalue weighted by Crippen LogP contribution is 2.18. The third-order valence-corrected chi connectivity index (χ3v) is 3.66. The fourth-order valence-electron chi connectivity index (χ4n) is 2.22. The molecule has 0 heterocycles. The summed E-state index contributed by atoms with van der Waals surface area (Å²) in [5.74, 6) is 0.575. The predicted octanol–water partition coefficient (Wildman–Crippen LogP) is 3.99. The molecule has 0 radical (unpaired) electrons. The Kier molecular flexibility index (Phi) is 4.80. The van der Waals surface area contributed by atoms with Crippen molar-refractivity contribution in [3.05, 3.63) is 64.7 Å². The molecule has 0 saturated carbocycles. The van der Waals surface area contributed by atoms with Gasteiger partial charge in [-0.15, -0.1) is 0 Å². The van der Waals surface area contributed by atoms with Crippen LogP contribution in [0.1, 0.15) is 42.0 Å². The summed E-state index contributed by atoms with van der Waals surface area (Å²) in [6.45, 7) is 8.40. The van der Waals surface area contributed by atoms with Gasteiger partial charge in [0, 0.05) is 18.8 Å². The van der Waals surface area contributed by atoms with Crippen LogP contribution in [-0.2, 0) is 13.1 Å². The second-order valence-corrected chi connectivity index (χ2v) is 5.69. The summed E-state index contributed by atoms with van der Waals surface area (Å²) in [5, 5.41) is 3.50. The van der Waals surface area contributed by atoms with Crippen molar-refractivity contribution in [2.75, 3.05) is 5.73 Å². The second kappa shape index (κ2) is 6.58. The summed E-state index contributed by atoms with van der Waals surface area (Å²) in [6.07, 6.45) is 0. The van der Waals surface area contributed by atoms with E-state index in [2.05, 4.69) is 56.4 Å². The van der Waals surface area contributed by atoms with E-state index in [9.17, 15) is 0 Å². The van der Waals surface area contributed by atoms with Crippen LogP contribution >= 0.6 is 0 Å². The van der Waals surface area contributed by atoms with Gasteiger partial charge >= 0.3 is 0 Å². The molecule has 0 aliphatic heterocycles. The summed E-state index contributed by atoms with van der Waals surface area (Å²) < 4.78 is 0. The molecule has 0 aromatic heterocycles. The molecule has 2 aromatic rings. The number of rotatable bonds is 5. The maximum atomic E-state index is 5.69. The van der Waals surface area contributed by atoms with Crippen LogP contribution in [0.2, 0.25) is 0 Å². The average Bonchev–Trinajstić information content (AvgIpc) is 2.43. The van der Waals surface area contributed by atoms with Gasteiger partial charge in [-0.2, -0.15) is 0 Å². The quantitative estimate of drug-likeness (QED) is 0.805. The number of hydrogen-bond donors (Lipinski definition) is 2. The lowest BCUT2D eigenvalue weighted by atomic mass is 9.98. The van der Waals surface area contributed by atoms with E-state index in [0.717, 1.165) is 18.8 Å². The zero-order valence-electron chi connectivity index (χ0n) is 12.6. The van der Waals surface area contributed by atoms with Crippen molar-refractivity contribution in [3.8, 4) is 0 Å². The fraction of sp³-hybridized carbons (Fsp3) is 0.333. The predicted molar refractivity (Wildman–Crippen MR) is 86.7 cm³/mol. The standard InChI is InChI=1S/C18H24N2/c1-13(2)16-7-4-14(3)17(10-16)12-20-11-15-5-8-18(19)9-6-15/h4-10,13,20H,11-12,19H2,1-3H3. The number of anilines is 1. The first-order valence-electron chi connectivity index (χ1n) is 7.21. The number of nitrogen functional groups attached to an aromatic ring is 1. The van der Waals surface area contributed by atoms with Gasteiger partial charge in [-0.1, -0.05) is 44.2 Å². The Bertz CT molecular complexity index is 556. The first-order chi connectivity index (χ1) is 9.56. The molecule has 2 aromatic carbocycles. The van der Waals surface area contributed by atoms with Crippen LogP contribution in [0.5, 0.6) is 0 Å². The lowest BCUT2D eigenvalue weighted by molar-refractivity contribution is 0.689. The average molecular weight is 268 g/mol. The third-order valence-electron chi connectivity index (χ3n) is 3.66. The van der Waals surface area contributed by atoms with E-state index >= 15 is 0 Å². The van der Waals surface area contributed by atoms with Crippen molar-refractivity contribution in [2.45, 2.75) is 39.8 Å². The highest BCUT2D eigenvalue weighted by molar-refractivity contribution is 5.39. The van der Waals surface area contributed by atoms with Crippen LogP contribution in [0.15, 0.2) is 42.5 Å². The molecule has 106 valence electrons. The van der Waals surface area contributed by atoms with Gasteiger partial charge in [0.15, 0.2) is 0 Å². The Morgan fingerprint density at radius 1 is 1.00 bits per heavy atom. The molecule has 2 nitrogen and oxygen atoms in total. The first-order valence-corrected chi connectivity index (χ1v) is 7.21. The van der Waals surface area contributed by atoms with E-state index in [1.165, 1.54) is 22.3 Å². The second-order valence-electron chi connectivity index (χ2n) is 5.69. The van der Waals surface area contributed by atoms with E-state index in [0.29, 0.717) is 5.92 Å². The summed E-state index contributed by atoms with van der Waals surface area (Å²) in [5.41, 5.74) is 11.9. The van der Waals surface area contributed by atoms with E-state index < -0.39 is 0 Å². The van der Waals surface area contributed by atoms with Crippen LogP contribution in [0.4, 0.5) is 5.69 Å². The van der Waals surface area contributed by atoms with Crippen LogP contribution in [-0.4, -0.2) is 0 Å². The van der Waals surface area contributed by atoms with Crippen molar-refractivity contribution < 1.29 is 0 Å². The van der Waals surface area contributed by atoms with Gasteiger partial charge in [0.05, 0.1) is 0 Å². The zero-order chi connectivity index (χ0) is 14.5. The molecule has 0 fully saturated rings. The molecule has 2 rings (SSSR count). The lowest BCUT2D eigenvalue weighted by Gasteiger charge is -2.12. The smallest absolute Gasteiger partial charge is 0.0314 e. The molecular weight excluding hydrogens is 244 g/mol. The minimum absolute atomic E-state index is 0.575. The zero-order valence-corrected chi connectivity index (χ0v) is 12.6. The van der Waals surface area contributed by atoms with Crippen LogP contribution in [0, 0.1) is 6.92 Å². The molecule has 20 heavy (non-hydrogen) atoms. The van der Waals surface area contributed by atoms with Gasteiger partial charge in [-0.3, -0.25) is 0 Å². The highest BCUT2D eigenvalue weighted by atomic mass is 14.8. The molecular formula is C18H24N2. The van der Waals surface area contributed by atoms with E-state index in [1.807, 2.05) is 12.1 Å². The van der Waals surface area contributed by atoms with Crippen molar-refractivity contribution in [2.24, 2.45) is 0 Å². The maximum Gasteiger partial charge on any atom is 0.0314 e. The van der Waals surface area contributed by atoms with Crippen molar-refractivity contribution >= 4 is 5.69 Å². The normalized spacial score (nSPS) is 11.0. The van der Waals surface area contributed by atoms with Crippen molar-refractivity contribution in [3.63, 3.8) is 0 Å². The summed E-state index contributed by atoms with van der Waals surface area (Å²) in [6, 6.07) is 14.8. The molecule has 3 N–H and O–H groups in total. The van der Waals surface area contributed by atoms with Gasteiger partial charge in [0.2, 0.25) is 0 Å². The Morgan fingerprint density at radius 2 is 1.70 bits per heavy atom. The molecule has 0 aliphatic carbocycles. The number of aryl methyl sites for hydroxylation is 1. The van der Waals surface area contributed by atoms with E-state index in [-0.39, 0.29) is 0 Å². The van der Waals surface area contributed by atoms with Gasteiger partial charge in [-0.05, 0) is 47.2 Å². The minimum atomic E-state index is 0.575. The van der Waals surface area contributed by atoms with Crippen LogP contribution < -0.4 is 11.1 Å². The Morgan fingerprint density at radius 3 is 2.35 bits per heavy atom. The molecule has 0 saturated heterocycles. The number of nitrogens with one attached hydrogen (secondary N) is 1. The number of nitrogens with two attached hydrogens (primary N) is 1. The van der Waals surface area contributed by atoms with Gasteiger partial charge in [0.1, 0.15) is 0 Å². The number of benzene rings is 2. The summed E-state index contributed by atoms with van der Waals surface area (Å²) >= 11 is 0. The first kappa shape index (κ1) is 14.6. The molecule has 0 spiro atoms. The maximum absolute atomic E-state index is 5.69. The van der Waals surface area contributed by atoms with Crippen molar-refractivity contribution in [1.29, 1.82) is 0 Å². The highest BCUT2D eigenvalue weighted by Gasteiger charge is 2.03. The lowest BCUT2D eigenvalue weighted by Crippen LogP contribution is -2.13. The van der Waals surface area contributed by atoms with Gasteiger partial charge < -0.3 is 11.1 Å². The molecule has 0 bridgehead atoms.